The number of likely N-dealkylation sites (tertiary alicyclic amines) is 1. The van der Waals surface area contributed by atoms with Crippen LogP contribution in [0.3, 0.4) is 0 Å². The average Bonchev–Trinajstić information content (AvgIpc) is 2.93. The lowest BCUT2D eigenvalue weighted by atomic mass is 9.81. The van der Waals surface area contributed by atoms with E-state index in [0.29, 0.717) is 25.0 Å². The summed E-state index contributed by atoms with van der Waals surface area (Å²) in [4.78, 5) is 21.6. The highest BCUT2D eigenvalue weighted by molar-refractivity contribution is 7.91. The van der Waals surface area contributed by atoms with E-state index in [1.54, 1.807) is 4.90 Å². The molecule has 1 amide bonds. The number of rotatable bonds is 6. The first-order chi connectivity index (χ1) is 13.9. The number of nitrogens with zero attached hydrogens (tertiary/aromatic N) is 3. The van der Waals surface area contributed by atoms with Crippen molar-refractivity contribution in [3.8, 4) is 0 Å². The fraction of sp³-hybridized carbons (Fsp3) is 0.737. The first kappa shape index (κ1) is 23.4. The lowest BCUT2D eigenvalue weighted by Crippen LogP contribution is -2.41. The minimum Gasteiger partial charge on any atom is -0.399 e. The predicted molar refractivity (Wildman–Crippen MR) is 114 cm³/mol. The van der Waals surface area contributed by atoms with E-state index in [1.807, 2.05) is 27.7 Å². The molecule has 1 aromatic rings. The molecule has 3 rings (SSSR count). The van der Waals surface area contributed by atoms with E-state index in [0.717, 1.165) is 12.8 Å². The molecule has 0 bridgehead atoms. The zero-order valence-electron chi connectivity index (χ0n) is 17.9. The van der Waals surface area contributed by atoms with Gasteiger partial charge in [-0.3, -0.25) is 4.79 Å². The largest absolute Gasteiger partial charge is 0.498 e. The molecule has 2 aliphatic heterocycles. The van der Waals surface area contributed by atoms with Crippen LogP contribution in [0.1, 0.15) is 47.0 Å². The maximum absolute atomic E-state index is 12.7. The van der Waals surface area contributed by atoms with E-state index in [9.17, 15) is 13.2 Å². The smallest absolute Gasteiger partial charge is 0.399 e. The number of carbonyl (C=O) groups excluding carboxylic acids is 1. The van der Waals surface area contributed by atoms with Gasteiger partial charge in [-0.15, -0.1) is 11.6 Å². The van der Waals surface area contributed by atoms with E-state index >= 15 is 0 Å². The summed E-state index contributed by atoms with van der Waals surface area (Å²) >= 11 is 5.63. The van der Waals surface area contributed by atoms with E-state index < -0.39 is 28.2 Å². The first-order valence-corrected chi connectivity index (χ1v) is 12.4. The lowest BCUT2D eigenvalue weighted by Gasteiger charge is -2.32. The number of carbonyl (C=O) groups is 1. The second-order valence-electron chi connectivity index (χ2n) is 8.98. The van der Waals surface area contributed by atoms with Gasteiger partial charge in [-0.05, 0) is 52.9 Å². The Morgan fingerprint density at radius 3 is 2.40 bits per heavy atom. The van der Waals surface area contributed by atoms with Gasteiger partial charge in [0, 0.05) is 30.9 Å². The Morgan fingerprint density at radius 2 is 1.83 bits per heavy atom. The van der Waals surface area contributed by atoms with Gasteiger partial charge in [0.15, 0.2) is 0 Å². The van der Waals surface area contributed by atoms with Gasteiger partial charge >= 0.3 is 7.12 Å². The van der Waals surface area contributed by atoms with Gasteiger partial charge in [-0.25, -0.2) is 18.4 Å². The SMILES string of the molecule is CC1(C)OB(c2cnc(S(=O)(=O)CC[C@H]3CCCN(C(=O)CCl)C3)nc2)OC1(C)C. The van der Waals surface area contributed by atoms with Gasteiger partial charge in [-0.1, -0.05) is 0 Å². The fourth-order valence-corrected chi connectivity index (χ4v) is 5.03. The topological polar surface area (TPSA) is 98.7 Å². The van der Waals surface area contributed by atoms with Crippen molar-refractivity contribution in [2.75, 3.05) is 24.7 Å². The van der Waals surface area contributed by atoms with Crippen molar-refractivity contribution in [3.05, 3.63) is 12.4 Å². The van der Waals surface area contributed by atoms with Gasteiger partial charge in [0.2, 0.25) is 20.9 Å². The second kappa shape index (κ2) is 8.72. The molecule has 2 fully saturated rings. The molecule has 0 radical (unpaired) electrons. The van der Waals surface area contributed by atoms with Crippen LogP contribution in [-0.2, 0) is 23.9 Å². The molecule has 1 atom stereocenters. The normalized spacial score (nSPS) is 23.6. The molecule has 3 heterocycles. The highest BCUT2D eigenvalue weighted by Crippen LogP contribution is 2.36. The summed E-state index contributed by atoms with van der Waals surface area (Å²) in [5, 5.41) is -0.202. The third-order valence-corrected chi connectivity index (χ3v) is 8.00. The minimum absolute atomic E-state index is 0.0476. The summed E-state index contributed by atoms with van der Waals surface area (Å²) in [6.07, 6.45) is 5.10. The average molecular weight is 458 g/mol. The molecule has 1 aromatic heterocycles. The van der Waals surface area contributed by atoms with Gasteiger partial charge in [0.05, 0.1) is 17.0 Å². The molecule has 166 valence electrons. The van der Waals surface area contributed by atoms with E-state index in [-0.39, 0.29) is 28.6 Å². The van der Waals surface area contributed by atoms with Crippen LogP contribution < -0.4 is 5.46 Å². The summed E-state index contributed by atoms with van der Waals surface area (Å²) < 4.78 is 37.3. The summed E-state index contributed by atoms with van der Waals surface area (Å²) in [5.74, 6) is -0.0831. The van der Waals surface area contributed by atoms with E-state index in [4.69, 9.17) is 20.9 Å². The number of aromatic nitrogens is 2. The van der Waals surface area contributed by atoms with Crippen molar-refractivity contribution < 1.29 is 22.5 Å². The minimum atomic E-state index is -3.62. The van der Waals surface area contributed by atoms with Crippen LogP contribution in [0.5, 0.6) is 0 Å². The molecule has 30 heavy (non-hydrogen) atoms. The Bertz CT molecular complexity index is 863. The Morgan fingerprint density at radius 1 is 1.23 bits per heavy atom. The van der Waals surface area contributed by atoms with Crippen molar-refractivity contribution in [2.45, 2.75) is 63.3 Å². The number of halogens is 1. The maximum Gasteiger partial charge on any atom is 0.498 e. The fourth-order valence-electron chi connectivity index (χ4n) is 3.61. The van der Waals surface area contributed by atoms with Crippen LogP contribution in [0, 0.1) is 5.92 Å². The standard InChI is InChI=1S/C19H29BClN3O5S/c1-18(2)19(3,4)29-20(28-18)15-11-22-17(23-12-15)30(26,27)9-7-14-6-5-8-24(13-14)16(25)10-21/h11-12,14H,5-10,13H2,1-4H3/t14-/m1/s1. The molecule has 2 saturated heterocycles. The zero-order chi connectivity index (χ0) is 22.2. The number of alkyl halides is 1. The van der Waals surface area contributed by atoms with Crippen LogP contribution in [0.4, 0.5) is 0 Å². The molecule has 2 aliphatic rings. The molecular formula is C19H29BClN3O5S. The molecule has 0 N–H and O–H groups in total. The molecule has 0 spiro atoms. The number of amides is 1. The highest BCUT2D eigenvalue weighted by atomic mass is 35.5. The Balaban J connectivity index is 1.61. The van der Waals surface area contributed by atoms with E-state index in [1.165, 1.54) is 12.4 Å². The predicted octanol–water partition coefficient (Wildman–Crippen LogP) is 1.42. The van der Waals surface area contributed by atoms with Gasteiger partial charge in [0.1, 0.15) is 5.88 Å². The van der Waals surface area contributed by atoms with Crippen LogP contribution in [0.15, 0.2) is 17.6 Å². The first-order valence-electron chi connectivity index (χ1n) is 10.2. The van der Waals surface area contributed by atoms with Gasteiger partial charge in [-0.2, -0.15) is 0 Å². The number of hydrogen-bond donors (Lipinski definition) is 0. The third kappa shape index (κ3) is 4.98. The van der Waals surface area contributed by atoms with Crippen molar-refractivity contribution in [1.29, 1.82) is 0 Å². The third-order valence-electron chi connectivity index (χ3n) is 6.23. The molecule has 0 unspecified atom stereocenters. The van der Waals surface area contributed by atoms with Crippen LogP contribution in [0.25, 0.3) is 0 Å². The summed E-state index contributed by atoms with van der Waals surface area (Å²) in [6, 6.07) is 0. The van der Waals surface area contributed by atoms with Crippen LogP contribution in [-0.4, -0.2) is 72.2 Å². The van der Waals surface area contributed by atoms with Crippen molar-refractivity contribution in [2.24, 2.45) is 5.92 Å². The number of piperidine rings is 1. The Labute approximate surface area is 183 Å². The maximum atomic E-state index is 12.7. The molecule has 0 aliphatic carbocycles. The zero-order valence-corrected chi connectivity index (χ0v) is 19.5. The molecule has 0 aromatic carbocycles. The Hall–Kier alpha value is -1.23. The van der Waals surface area contributed by atoms with Crippen LogP contribution in [0.2, 0.25) is 0 Å². The molecular weight excluding hydrogens is 429 g/mol. The van der Waals surface area contributed by atoms with Crippen LogP contribution >= 0.6 is 11.6 Å². The number of hydrogen-bond acceptors (Lipinski definition) is 7. The number of sulfone groups is 1. The quantitative estimate of drug-likeness (QED) is 0.362. The molecule has 8 nitrogen and oxygen atoms in total. The Kier molecular flexibility index (Phi) is 6.82. The molecule has 11 heteroatoms. The van der Waals surface area contributed by atoms with Crippen molar-refractivity contribution in [1.82, 2.24) is 14.9 Å². The highest BCUT2D eigenvalue weighted by Gasteiger charge is 2.52. The van der Waals surface area contributed by atoms with E-state index in [2.05, 4.69) is 9.97 Å². The van der Waals surface area contributed by atoms with Crippen molar-refractivity contribution >= 4 is 39.9 Å². The van der Waals surface area contributed by atoms with Gasteiger partial charge < -0.3 is 14.2 Å². The van der Waals surface area contributed by atoms with Gasteiger partial charge in [0.25, 0.3) is 0 Å². The monoisotopic (exact) mass is 457 g/mol. The van der Waals surface area contributed by atoms with Crippen molar-refractivity contribution in [3.63, 3.8) is 0 Å². The lowest BCUT2D eigenvalue weighted by molar-refractivity contribution is -0.130. The summed E-state index contributed by atoms with van der Waals surface area (Å²) in [6.45, 7) is 9.00. The summed E-state index contributed by atoms with van der Waals surface area (Å²) in [5.41, 5.74) is -0.419. The molecule has 0 saturated carbocycles. The summed E-state index contributed by atoms with van der Waals surface area (Å²) in [7, 11) is -4.26. The second-order valence-corrected chi connectivity index (χ2v) is 11.2.